The normalized spacial score (nSPS) is 16.6. The van der Waals surface area contributed by atoms with E-state index in [1.54, 1.807) is 25.1 Å². The third kappa shape index (κ3) is 2.72. The SMILES string of the molecule is CCOC(=O)c1ccc2c(c1)CC(=O)C(c1ccccc1)O2. The highest BCUT2D eigenvalue weighted by Crippen LogP contribution is 2.33. The molecule has 3 rings (SSSR count). The molecule has 0 N–H and O–H groups in total. The molecule has 0 fully saturated rings. The van der Waals surface area contributed by atoms with Gasteiger partial charge in [-0.15, -0.1) is 0 Å². The number of rotatable bonds is 3. The van der Waals surface area contributed by atoms with Crippen molar-refractivity contribution in [3.8, 4) is 5.75 Å². The molecule has 0 radical (unpaired) electrons. The van der Waals surface area contributed by atoms with E-state index in [1.807, 2.05) is 30.3 Å². The summed E-state index contributed by atoms with van der Waals surface area (Å²) >= 11 is 0. The monoisotopic (exact) mass is 296 g/mol. The Morgan fingerprint density at radius 1 is 1.23 bits per heavy atom. The summed E-state index contributed by atoms with van der Waals surface area (Å²) in [5.41, 5.74) is 2.01. The average molecular weight is 296 g/mol. The van der Waals surface area contributed by atoms with Crippen molar-refractivity contribution in [2.24, 2.45) is 0 Å². The van der Waals surface area contributed by atoms with Gasteiger partial charge in [0.15, 0.2) is 11.9 Å². The van der Waals surface area contributed by atoms with Crippen LogP contribution in [0.25, 0.3) is 0 Å². The molecule has 0 spiro atoms. The summed E-state index contributed by atoms with van der Waals surface area (Å²) in [5, 5.41) is 0. The Kier molecular flexibility index (Phi) is 3.92. The molecule has 0 amide bonds. The number of carbonyl (C=O) groups excluding carboxylic acids is 2. The second-order valence-corrected chi connectivity index (χ2v) is 5.09. The molecule has 1 atom stereocenters. The molecule has 1 aliphatic rings. The van der Waals surface area contributed by atoms with Crippen LogP contribution in [0.1, 0.15) is 34.5 Å². The fraction of sp³-hybridized carbons (Fsp3) is 0.222. The van der Waals surface area contributed by atoms with E-state index in [1.165, 1.54) is 0 Å². The number of fused-ring (bicyclic) bond motifs is 1. The van der Waals surface area contributed by atoms with Crippen LogP contribution in [0.15, 0.2) is 48.5 Å². The van der Waals surface area contributed by atoms with Crippen LogP contribution >= 0.6 is 0 Å². The first-order valence-corrected chi connectivity index (χ1v) is 7.23. The van der Waals surface area contributed by atoms with Crippen LogP contribution in [-0.4, -0.2) is 18.4 Å². The number of ketones is 1. The number of ether oxygens (including phenoxy) is 2. The van der Waals surface area contributed by atoms with Crippen LogP contribution < -0.4 is 4.74 Å². The van der Waals surface area contributed by atoms with Crippen molar-refractivity contribution in [3.63, 3.8) is 0 Å². The Hall–Kier alpha value is -2.62. The molecular weight excluding hydrogens is 280 g/mol. The Morgan fingerprint density at radius 3 is 2.73 bits per heavy atom. The lowest BCUT2D eigenvalue weighted by molar-refractivity contribution is -0.126. The third-order valence-electron chi connectivity index (χ3n) is 3.58. The molecular formula is C18H16O4. The Morgan fingerprint density at radius 2 is 2.00 bits per heavy atom. The van der Waals surface area contributed by atoms with Gasteiger partial charge in [-0.25, -0.2) is 4.79 Å². The lowest BCUT2D eigenvalue weighted by Gasteiger charge is -2.25. The summed E-state index contributed by atoms with van der Waals surface area (Å²) in [6.45, 7) is 2.08. The molecule has 22 heavy (non-hydrogen) atoms. The molecule has 2 aromatic carbocycles. The summed E-state index contributed by atoms with van der Waals surface area (Å²) < 4.78 is 10.8. The van der Waals surface area contributed by atoms with Crippen molar-refractivity contribution in [1.29, 1.82) is 0 Å². The first-order valence-electron chi connectivity index (χ1n) is 7.23. The van der Waals surface area contributed by atoms with Gasteiger partial charge in [0.2, 0.25) is 0 Å². The van der Waals surface area contributed by atoms with Crippen molar-refractivity contribution in [1.82, 2.24) is 0 Å². The van der Waals surface area contributed by atoms with Crippen molar-refractivity contribution in [2.45, 2.75) is 19.4 Å². The van der Waals surface area contributed by atoms with E-state index in [4.69, 9.17) is 9.47 Å². The van der Waals surface area contributed by atoms with E-state index in [9.17, 15) is 9.59 Å². The van der Waals surface area contributed by atoms with Gasteiger partial charge in [-0.05, 0) is 30.7 Å². The number of hydrogen-bond donors (Lipinski definition) is 0. The predicted octanol–water partition coefficient (Wildman–Crippen LogP) is 3.11. The van der Waals surface area contributed by atoms with Crippen molar-refractivity contribution in [2.75, 3.05) is 6.61 Å². The highest BCUT2D eigenvalue weighted by Gasteiger charge is 2.29. The zero-order valence-corrected chi connectivity index (χ0v) is 12.2. The van der Waals surface area contributed by atoms with Gasteiger partial charge >= 0.3 is 5.97 Å². The fourth-order valence-electron chi connectivity index (χ4n) is 2.53. The van der Waals surface area contributed by atoms with E-state index in [0.29, 0.717) is 17.9 Å². The summed E-state index contributed by atoms with van der Waals surface area (Å²) in [6.07, 6.45) is -0.329. The molecule has 2 aromatic rings. The number of hydrogen-bond acceptors (Lipinski definition) is 4. The van der Waals surface area contributed by atoms with E-state index in [0.717, 1.165) is 11.1 Å². The van der Waals surface area contributed by atoms with Gasteiger partial charge in [0.05, 0.1) is 12.2 Å². The van der Waals surface area contributed by atoms with Gasteiger partial charge < -0.3 is 9.47 Å². The van der Waals surface area contributed by atoms with Crippen molar-refractivity contribution >= 4 is 11.8 Å². The largest absolute Gasteiger partial charge is 0.478 e. The van der Waals surface area contributed by atoms with Gasteiger partial charge in [-0.2, -0.15) is 0 Å². The van der Waals surface area contributed by atoms with E-state index in [2.05, 4.69) is 0 Å². The average Bonchev–Trinajstić information content (AvgIpc) is 2.54. The third-order valence-corrected chi connectivity index (χ3v) is 3.58. The fourth-order valence-corrected chi connectivity index (χ4v) is 2.53. The number of Topliss-reactive ketones (excluding diaryl/α,β-unsaturated/α-hetero) is 1. The maximum atomic E-state index is 12.3. The minimum Gasteiger partial charge on any atom is -0.478 e. The molecule has 4 nitrogen and oxygen atoms in total. The summed E-state index contributed by atoms with van der Waals surface area (Å²) in [4.78, 5) is 24.1. The van der Waals surface area contributed by atoms with E-state index in [-0.39, 0.29) is 18.2 Å². The summed E-state index contributed by atoms with van der Waals surface area (Å²) in [6, 6.07) is 14.5. The predicted molar refractivity (Wildman–Crippen MR) is 80.9 cm³/mol. The zero-order chi connectivity index (χ0) is 15.5. The second kappa shape index (κ2) is 6.02. The van der Waals surface area contributed by atoms with Gasteiger partial charge in [-0.1, -0.05) is 30.3 Å². The number of carbonyl (C=O) groups is 2. The van der Waals surface area contributed by atoms with Gasteiger partial charge in [0.25, 0.3) is 0 Å². The standard InChI is InChI=1S/C18H16O4/c1-2-21-18(20)13-8-9-16-14(10-13)11-15(19)17(22-16)12-6-4-3-5-7-12/h3-10,17H,2,11H2,1H3. The van der Waals surface area contributed by atoms with Crippen LogP contribution in [0, 0.1) is 0 Å². The van der Waals surface area contributed by atoms with Crippen molar-refractivity contribution < 1.29 is 19.1 Å². The molecule has 0 saturated carbocycles. The lowest BCUT2D eigenvalue weighted by atomic mass is 9.95. The molecule has 1 unspecified atom stereocenters. The zero-order valence-electron chi connectivity index (χ0n) is 12.2. The first kappa shape index (κ1) is 14.3. The quantitative estimate of drug-likeness (QED) is 0.817. The van der Waals surface area contributed by atoms with E-state index < -0.39 is 6.10 Å². The van der Waals surface area contributed by atoms with Gasteiger partial charge in [0, 0.05) is 12.0 Å². The lowest BCUT2D eigenvalue weighted by Crippen LogP contribution is -2.26. The van der Waals surface area contributed by atoms with Gasteiger partial charge in [0.1, 0.15) is 5.75 Å². The molecule has 0 bridgehead atoms. The first-order chi connectivity index (χ1) is 10.7. The maximum absolute atomic E-state index is 12.3. The van der Waals surface area contributed by atoms with Crippen LogP contribution in [0.3, 0.4) is 0 Å². The molecule has 0 aliphatic carbocycles. The minimum absolute atomic E-state index is 0.0142. The minimum atomic E-state index is -0.581. The second-order valence-electron chi connectivity index (χ2n) is 5.09. The summed E-state index contributed by atoms with van der Waals surface area (Å²) in [7, 11) is 0. The van der Waals surface area contributed by atoms with Crippen LogP contribution in [-0.2, 0) is 16.0 Å². The highest BCUT2D eigenvalue weighted by molar-refractivity contribution is 5.92. The Bertz CT molecular complexity index is 706. The molecule has 112 valence electrons. The number of benzene rings is 2. The maximum Gasteiger partial charge on any atom is 0.338 e. The topological polar surface area (TPSA) is 52.6 Å². The van der Waals surface area contributed by atoms with Crippen molar-refractivity contribution in [3.05, 3.63) is 65.2 Å². The molecule has 0 aromatic heterocycles. The van der Waals surface area contributed by atoms with Crippen LogP contribution in [0.4, 0.5) is 0 Å². The van der Waals surface area contributed by atoms with Gasteiger partial charge in [-0.3, -0.25) is 4.79 Å². The molecule has 1 aliphatic heterocycles. The Balaban J connectivity index is 1.88. The molecule has 0 saturated heterocycles. The van der Waals surface area contributed by atoms with Crippen LogP contribution in [0.5, 0.6) is 5.75 Å². The molecule has 4 heteroatoms. The molecule has 1 heterocycles. The smallest absolute Gasteiger partial charge is 0.338 e. The van der Waals surface area contributed by atoms with E-state index >= 15 is 0 Å². The Labute approximate surface area is 128 Å². The number of esters is 1. The highest BCUT2D eigenvalue weighted by atomic mass is 16.5. The van der Waals surface area contributed by atoms with Crippen LogP contribution in [0.2, 0.25) is 0 Å². The summed E-state index contributed by atoms with van der Waals surface area (Å²) in [5.74, 6) is 0.240.